The van der Waals surface area contributed by atoms with Gasteiger partial charge in [-0.3, -0.25) is 0 Å². The van der Waals surface area contributed by atoms with E-state index in [2.05, 4.69) is 6.58 Å². The molecule has 0 aromatic rings. The van der Waals surface area contributed by atoms with Crippen LogP contribution in [0.3, 0.4) is 0 Å². The number of aliphatic hydroxyl groups is 1. The summed E-state index contributed by atoms with van der Waals surface area (Å²) in [6.45, 7) is 3.91. The molecule has 0 aliphatic carbocycles. The van der Waals surface area contributed by atoms with Gasteiger partial charge in [0.15, 0.2) is 0 Å². The van der Waals surface area contributed by atoms with E-state index >= 15 is 0 Å². The highest BCUT2D eigenvalue weighted by molar-refractivity contribution is 5.83. The number of carbonyl (C=O) groups is 2. The molecular weight excluding hydrogens is 212 g/mol. The molecule has 1 rings (SSSR count). The first kappa shape index (κ1) is 12.5. The molecule has 1 unspecified atom stereocenters. The van der Waals surface area contributed by atoms with Crippen molar-refractivity contribution in [1.29, 1.82) is 0 Å². The minimum absolute atomic E-state index is 0.0667. The number of aliphatic hydroxyl groups excluding tert-OH is 1. The molecule has 2 N–H and O–H groups in total. The second-order valence-electron chi connectivity index (χ2n) is 3.85. The topological polar surface area (TPSA) is 81.1 Å². The summed E-state index contributed by atoms with van der Waals surface area (Å²) in [4.78, 5) is 25.3. The van der Waals surface area contributed by atoms with Crippen molar-refractivity contribution in [1.82, 2.24) is 9.80 Å². The highest BCUT2D eigenvalue weighted by Crippen LogP contribution is 2.19. The third-order valence-electron chi connectivity index (χ3n) is 2.54. The minimum atomic E-state index is -1.09. The Bertz CT molecular complexity index is 305. The molecule has 1 heterocycles. The van der Waals surface area contributed by atoms with Crippen LogP contribution in [0.25, 0.3) is 0 Å². The van der Waals surface area contributed by atoms with Crippen LogP contribution in [0, 0.1) is 0 Å². The monoisotopic (exact) mass is 228 g/mol. The molecule has 16 heavy (non-hydrogen) atoms. The Morgan fingerprint density at radius 3 is 2.75 bits per heavy atom. The summed E-state index contributed by atoms with van der Waals surface area (Å²) in [6.07, 6.45) is 0.880. The number of carboxylic acid groups (broad SMARTS) is 1. The van der Waals surface area contributed by atoms with Crippen LogP contribution in [-0.2, 0) is 4.79 Å². The fourth-order valence-corrected chi connectivity index (χ4v) is 1.75. The molecule has 0 bridgehead atoms. The Balaban J connectivity index is 2.73. The van der Waals surface area contributed by atoms with Crippen molar-refractivity contribution in [2.45, 2.75) is 18.6 Å². The number of urea groups is 1. The summed E-state index contributed by atoms with van der Waals surface area (Å²) in [7, 11) is 1.56. The Kier molecular flexibility index (Phi) is 3.89. The summed E-state index contributed by atoms with van der Waals surface area (Å²) in [5, 5.41) is 18.3. The van der Waals surface area contributed by atoms with Gasteiger partial charge in [-0.1, -0.05) is 6.08 Å². The number of hydrogen-bond donors (Lipinski definition) is 2. The lowest BCUT2D eigenvalue weighted by Crippen LogP contribution is -2.46. The van der Waals surface area contributed by atoms with Crippen molar-refractivity contribution in [3.05, 3.63) is 12.7 Å². The molecule has 1 aliphatic heterocycles. The second kappa shape index (κ2) is 4.98. The van der Waals surface area contributed by atoms with Gasteiger partial charge < -0.3 is 20.0 Å². The molecule has 1 aliphatic rings. The van der Waals surface area contributed by atoms with Crippen LogP contribution < -0.4 is 0 Å². The van der Waals surface area contributed by atoms with Crippen LogP contribution in [0.5, 0.6) is 0 Å². The van der Waals surface area contributed by atoms with Gasteiger partial charge in [0.1, 0.15) is 6.04 Å². The van der Waals surface area contributed by atoms with Gasteiger partial charge in [0.25, 0.3) is 0 Å². The van der Waals surface area contributed by atoms with E-state index in [4.69, 9.17) is 5.11 Å². The lowest BCUT2D eigenvalue weighted by atomic mass is 10.2. The van der Waals surface area contributed by atoms with Gasteiger partial charge in [0, 0.05) is 26.6 Å². The molecule has 0 saturated carbocycles. The summed E-state index contributed by atoms with van der Waals surface area (Å²) in [5.74, 6) is -1.09. The molecule has 0 radical (unpaired) electrons. The first-order valence-corrected chi connectivity index (χ1v) is 5.01. The zero-order valence-electron chi connectivity index (χ0n) is 9.17. The highest BCUT2D eigenvalue weighted by atomic mass is 16.4. The van der Waals surface area contributed by atoms with Crippen molar-refractivity contribution in [2.75, 3.05) is 20.1 Å². The van der Waals surface area contributed by atoms with Crippen LogP contribution in [0.1, 0.15) is 6.42 Å². The molecule has 1 fully saturated rings. The number of likely N-dealkylation sites (tertiary alicyclic amines) is 1. The summed E-state index contributed by atoms with van der Waals surface area (Å²) in [5.41, 5.74) is 0. The van der Waals surface area contributed by atoms with E-state index in [0.29, 0.717) is 6.54 Å². The van der Waals surface area contributed by atoms with Crippen molar-refractivity contribution in [3.8, 4) is 0 Å². The molecule has 0 aromatic carbocycles. The SMILES string of the molecule is C=CCN(C)C(=O)N1CC(O)C[C@H]1C(=O)O. The van der Waals surface area contributed by atoms with E-state index < -0.39 is 24.1 Å². The molecule has 90 valence electrons. The largest absolute Gasteiger partial charge is 0.480 e. The number of β-amino-alcohol motifs (C(OH)–C–C–N with tert-alkyl or cyclic N) is 1. The lowest BCUT2D eigenvalue weighted by Gasteiger charge is -2.26. The normalized spacial score (nSPS) is 24.2. The number of nitrogens with zero attached hydrogens (tertiary/aromatic N) is 2. The van der Waals surface area contributed by atoms with E-state index in [-0.39, 0.29) is 13.0 Å². The Labute approximate surface area is 93.8 Å². The molecular formula is C10H16N2O4. The van der Waals surface area contributed by atoms with Gasteiger partial charge in [-0.05, 0) is 0 Å². The Morgan fingerprint density at radius 1 is 1.62 bits per heavy atom. The molecule has 6 heteroatoms. The lowest BCUT2D eigenvalue weighted by molar-refractivity contribution is -0.141. The van der Waals surface area contributed by atoms with Gasteiger partial charge in [-0.15, -0.1) is 6.58 Å². The van der Waals surface area contributed by atoms with Gasteiger partial charge in [-0.25, -0.2) is 9.59 Å². The number of rotatable bonds is 3. The maximum Gasteiger partial charge on any atom is 0.326 e. The zero-order valence-corrected chi connectivity index (χ0v) is 9.17. The molecule has 6 nitrogen and oxygen atoms in total. The van der Waals surface area contributed by atoms with E-state index in [0.717, 1.165) is 0 Å². The number of likely N-dealkylation sites (N-methyl/N-ethyl adjacent to an activating group) is 1. The fraction of sp³-hybridized carbons (Fsp3) is 0.600. The van der Waals surface area contributed by atoms with Gasteiger partial charge in [0.2, 0.25) is 0 Å². The van der Waals surface area contributed by atoms with Gasteiger partial charge >= 0.3 is 12.0 Å². The maximum atomic E-state index is 11.8. The van der Waals surface area contributed by atoms with Crippen LogP contribution in [-0.4, -0.2) is 64.3 Å². The van der Waals surface area contributed by atoms with Crippen LogP contribution in [0.15, 0.2) is 12.7 Å². The number of hydrogen-bond acceptors (Lipinski definition) is 3. The van der Waals surface area contributed by atoms with E-state index in [1.165, 1.54) is 9.80 Å². The average molecular weight is 228 g/mol. The number of amides is 2. The number of aliphatic carboxylic acids is 1. The Morgan fingerprint density at radius 2 is 2.25 bits per heavy atom. The first-order chi connectivity index (χ1) is 7.47. The molecule has 2 amide bonds. The smallest absolute Gasteiger partial charge is 0.326 e. The summed E-state index contributed by atoms with van der Waals surface area (Å²) in [6, 6.07) is -1.33. The number of carbonyl (C=O) groups excluding carboxylic acids is 1. The minimum Gasteiger partial charge on any atom is -0.480 e. The standard InChI is InChI=1S/C10H16N2O4/c1-3-4-11(2)10(16)12-6-7(13)5-8(12)9(14)15/h3,7-8,13H,1,4-6H2,2H3,(H,14,15)/t7?,8-/m0/s1. The molecule has 0 spiro atoms. The van der Waals surface area contributed by atoms with Gasteiger partial charge in [-0.2, -0.15) is 0 Å². The van der Waals surface area contributed by atoms with Crippen molar-refractivity contribution >= 4 is 12.0 Å². The van der Waals surface area contributed by atoms with E-state index in [1.807, 2.05) is 0 Å². The third kappa shape index (κ3) is 2.52. The molecule has 2 atom stereocenters. The van der Waals surface area contributed by atoms with E-state index in [9.17, 15) is 14.7 Å². The zero-order chi connectivity index (χ0) is 12.3. The van der Waals surface area contributed by atoms with Crippen molar-refractivity contribution < 1.29 is 19.8 Å². The highest BCUT2D eigenvalue weighted by Gasteiger charge is 2.39. The van der Waals surface area contributed by atoms with Crippen molar-refractivity contribution in [3.63, 3.8) is 0 Å². The summed E-state index contributed by atoms with van der Waals surface area (Å²) >= 11 is 0. The second-order valence-corrected chi connectivity index (χ2v) is 3.85. The third-order valence-corrected chi connectivity index (χ3v) is 2.54. The maximum absolute atomic E-state index is 11.8. The number of carboxylic acids is 1. The predicted octanol–water partition coefficient (Wildman–Crippen LogP) is -0.256. The van der Waals surface area contributed by atoms with Crippen LogP contribution >= 0.6 is 0 Å². The van der Waals surface area contributed by atoms with E-state index in [1.54, 1.807) is 13.1 Å². The van der Waals surface area contributed by atoms with Gasteiger partial charge in [0.05, 0.1) is 6.10 Å². The van der Waals surface area contributed by atoms with Crippen molar-refractivity contribution in [2.24, 2.45) is 0 Å². The first-order valence-electron chi connectivity index (χ1n) is 5.01. The summed E-state index contributed by atoms with van der Waals surface area (Å²) < 4.78 is 0. The molecule has 1 saturated heterocycles. The molecule has 0 aromatic heterocycles. The Hall–Kier alpha value is -1.56. The fourth-order valence-electron chi connectivity index (χ4n) is 1.75. The predicted molar refractivity (Wildman–Crippen MR) is 57.0 cm³/mol. The average Bonchev–Trinajstić information content (AvgIpc) is 2.59. The van der Waals surface area contributed by atoms with Crippen LogP contribution in [0.4, 0.5) is 4.79 Å². The quantitative estimate of drug-likeness (QED) is 0.652. The van der Waals surface area contributed by atoms with Crippen LogP contribution in [0.2, 0.25) is 0 Å².